The van der Waals surface area contributed by atoms with Crippen LogP contribution in [0.25, 0.3) is 0 Å². The second-order valence-corrected chi connectivity index (χ2v) is 5.63. The summed E-state index contributed by atoms with van der Waals surface area (Å²) >= 11 is 0. The first kappa shape index (κ1) is 15.2. The molecule has 1 aromatic heterocycles. The average Bonchev–Trinajstić information content (AvgIpc) is 2.60. The van der Waals surface area contributed by atoms with Gasteiger partial charge in [-0.2, -0.15) is 0 Å². The molecule has 1 aliphatic rings. The predicted octanol–water partition coefficient (Wildman–Crippen LogP) is 2.78. The SMILES string of the molecule is COC(=O)[C@H]1C[C@@H](C)N(C(=O)c2ccncc2)c2ccccc21. The van der Waals surface area contributed by atoms with Crippen molar-refractivity contribution in [3.05, 3.63) is 59.9 Å². The standard InChI is InChI=1S/C18H18N2O3/c1-12-11-15(18(22)23-2)14-5-3-4-6-16(14)20(12)17(21)13-7-9-19-10-8-13/h3-10,12,15H,11H2,1-2H3/t12-,15+/m1/s1. The van der Waals surface area contributed by atoms with Crippen LogP contribution in [0.2, 0.25) is 0 Å². The zero-order chi connectivity index (χ0) is 16.4. The fourth-order valence-corrected chi connectivity index (χ4v) is 3.12. The number of aromatic nitrogens is 1. The van der Waals surface area contributed by atoms with Crippen LogP contribution in [0.15, 0.2) is 48.8 Å². The van der Waals surface area contributed by atoms with E-state index in [1.807, 2.05) is 31.2 Å². The minimum Gasteiger partial charge on any atom is -0.469 e. The molecule has 1 amide bonds. The zero-order valence-electron chi connectivity index (χ0n) is 13.1. The van der Waals surface area contributed by atoms with Crippen molar-refractivity contribution in [2.24, 2.45) is 0 Å². The maximum Gasteiger partial charge on any atom is 0.313 e. The molecule has 2 atom stereocenters. The quantitative estimate of drug-likeness (QED) is 0.800. The highest BCUT2D eigenvalue weighted by Crippen LogP contribution is 2.39. The molecule has 0 fully saturated rings. The van der Waals surface area contributed by atoms with Gasteiger partial charge in [0.15, 0.2) is 0 Å². The van der Waals surface area contributed by atoms with Gasteiger partial charge in [0.1, 0.15) is 0 Å². The summed E-state index contributed by atoms with van der Waals surface area (Å²) in [6, 6.07) is 10.8. The van der Waals surface area contributed by atoms with E-state index in [0.29, 0.717) is 12.0 Å². The molecule has 1 aliphatic heterocycles. The largest absolute Gasteiger partial charge is 0.469 e. The predicted molar refractivity (Wildman–Crippen MR) is 86.3 cm³/mol. The number of fused-ring (bicyclic) bond motifs is 1. The molecule has 5 nitrogen and oxygen atoms in total. The lowest BCUT2D eigenvalue weighted by Gasteiger charge is -2.38. The molecule has 0 unspecified atom stereocenters. The first-order valence-corrected chi connectivity index (χ1v) is 7.53. The lowest BCUT2D eigenvalue weighted by molar-refractivity contribution is -0.142. The van der Waals surface area contributed by atoms with Crippen molar-refractivity contribution in [3.8, 4) is 0 Å². The third kappa shape index (κ3) is 2.70. The Morgan fingerprint density at radius 1 is 1.17 bits per heavy atom. The number of nitrogens with zero attached hydrogens (tertiary/aromatic N) is 2. The Morgan fingerprint density at radius 3 is 2.57 bits per heavy atom. The number of pyridine rings is 1. The summed E-state index contributed by atoms with van der Waals surface area (Å²) in [4.78, 5) is 30.7. The fourth-order valence-electron chi connectivity index (χ4n) is 3.12. The molecule has 0 bridgehead atoms. The number of benzene rings is 1. The molecule has 0 spiro atoms. The van der Waals surface area contributed by atoms with Gasteiger partial charge in [-0.15, -0.1) is 0 Å². The van der Waals surface area contributed by atoms with E-state index in [0.717, 1.165) is 11.3 Å². The molecule has 1 aromatic carbocycles. The Balaban J connectivity index is 2.05. The number of methoxy groups -OCH3 is 1. The molecule has 23 heavy (non-hydrogen) atoms. The van der Waals surface area contributed by atoms with Crippen molar-refractivity contribution in [3.63, 3.8) is 0 Å². The van der Waals surface area contributed by atoms with Crippen LogP contribution in [-0.4, -0.2) is 30.0 Å². The van der Waals surface area contributed by atoms with Crippen molar-refractivity contribution in [2.75, 3.05) is 12.0 Å². The van der Waals surface area contributed by atoms with Crippen molar-refractivity contribution in [1.29, 1.82) is 0 Å². The molecule has 0 saturated heterocycles. The Labute approximate surface area is 134 Å². The molecule has 0 radical (unpaired) electrons. The van der Waals surface area contributed by atoms with Gasteiger partial charge in [0, 0.05) is 29.7 Å². The van der Waals surface area contributed by atoms with Gasteiger partial charge in [-0.25, -0.2) is 0 Å². The molecule has 3 rings (SSSR count). The van der Waals surface area contributed by atoms with E-state index in [9.17, 15) is 9.59 Å². The van der Waals surface area contributed by atoms with Crippen LogP contribution in [0.1, 0.15) is 35.2 Å². The van der Waals surface area contributed by atoms with Gasteiger partial charge < -0.3 is 9.64 Å². The maximum atomic E-state index is 12.9. The summed E-state index contributed by atoms with van der Waals surface area (Å²) in [6.07, 6.45) is 3.75. The van der Waals surface area contributed by atoms with E-state index in [4.69, 9.17) is 4.74 Å². The van der Waals surface area contributed by atoms with Gasteiger partial charge in [0.2, 0.25) is 0 Å². The van der Waals surface area contributed by atoms with Gasteiger partial charge >= 0.3 is 5.97 Å². The van der Waals surface area contributed by atoms with E-state index in [2.05, 4.69) is 4.98 Å². The minimum absolute atomic E-state index is 0.0873. The number of hydrogen-bond acceptors (Lipinski definition) is 4. The summed E-state index contributed by atoms with van der Waals surface area (Å²) in [5.74, 6) is -0.691. The van der Waals surface area contributed by atoms with E-state index < -0.39 is 0 Å². The highest BCUT2D eigenvalue weighted by Gasteiger charge is 2.37. The Morgan fingerprint density at radius 2 is 1.87 bits per heavy atom. The highest BCUT2D eigenvalue weighted by atomic mass is 16.5. The second kappa shape index (κ2) is 6.20. The third-order valence-electron chi connectivity index (χ3n) is 4.22. The number of carbonyl (C=O) groups excluding carboxylic acids is 2. The summed E-state index contributed by atoms with van der Waals surface area (Å²) in [5.41, 5.74) is 2.18. The van der Waals surface area contributed by atoms with Crippen LogP contribution in [0.5, 0.6) is 0 Å². The number of rotatable bonds is 2. The summed E-state index contributed by atoms with van der Waals surface area (Å²) < 4.78 is 4.92. The molecule has 2 aromatic rings. The average molecular weight is 310 g/mol. The van der Waals surface area contributed by atoms with Crippen molar-refractivity contribution in [2.45, 2.75) is 25.3 Å². The first-order valence-electron chi connectivity index (χ1n) is 7.53. The maximum absolute atomic E-state index is 12.9. The van der Waals surface area contributed by atoms with E-state index in [1.165, 1.54) is 7.11 Å². The molecule has 2 heterocycles. The van der Waals surface area contributed by atoms with Crippen LogP contribution in [-0.2, 0) is 9.53 Å². The van der Waals surface area contributed by atoms with Gasteiger partial charge in [0.25, 0.3) is 5.91 Å². The van der Waals surface area contributed by atoms with E-state index >= 15 is 0 Å². The Kier molecular flexibility index (Phi) is 4.10. The van der Waals surface area contributed by atoms with Crippen molar-refractivity contribution < 1.29 is 14.3 Å². The lowest BCUT2D eigenvalue weighted by Crippen LogP contribution is -2.44. The third-order valence-corrected chi connectivity index (χ3v) is 4.22. The second-order valence-electron chi connectivity index (χ2n) is 5.63. The molecular formula is C18H18N2O3. The van der Waals surface area contributed by atoms with E-state index in [1.54, 1.807) is 29.4 Å². The Hall–Kier alpha value is -2.69. The summed E-state index contributed by atoms with van der Waals surface area (Å²) in [5, 5.41) is 0. The molecular weight excluding hydrogens is 292 g/mol. The monoisotopic (exact) mass is 310 g/mol. The van der Waals surface area contributed by atoms with Crippen molar-refractivity contribution in [1.82, 2.24) is 4.98 Å². The number of hydrogen-bond donors (Lipinski definition) is 0. The molecule has 0 saturated carbocycles. The van der Waals surface area contributed by atoms with Crippen LogP contribution in [0.3, 0.4) is 0 Å². The fraction of sp³-hybridized carbons (Fsp3) is 0.278. The minimum atomic E-state index is -0.340. The van der Waals surface area contributed by atoms with Gasteiger partial charge in [-0.3, -0.25) is 14.6 Å². The number of ether oxygens (including phenoxy) is 1. The van der Waals surface area contributed by atoms with E-state index in [-0.39, 0.29) is 23.8 Å². The van der Waals surface area contributed by atoms with Gasteiger partial charge in [-0.05, 0) is 37.1 Å². The lowest BCUT2D eigenvalue weighted by atomic mass is 9.85. The molecule has 0 N–H and O–H groups in total. The van der Waals surface area contributed by atoms with Crippen LogP contribution in [0.4, 0.5) is 5.69 Å². The number of anilines is 1. The topological polar surface area (TPSA) is 59.5 Å². The number of para-hydroxylation sites is 1. The summed E-state index contributed by atoms with van der Waals surface area (Å²) in [6.45, 7) is 1.95. The number of amides is 1. The molecule has 0 aliphatic carbocycles. The first-order chi connectivity index (χ1) is 11.1. The van der Waals surface area contributed by atoms with Crippen LogP contribution in [0, 0.1) is 0 Å². The summed E-state index contributed by atoms with van der Waals surface area (Å²) in [7, 11) is 1.39. The Bertz CT molecular complexity index is 730. The zero-order valence-corrected chi connectivity index (χ0v) is 13.1. The number of carbonyl (C=O) groups is 2. The molecule has 5 heteroatoms. The highest BCUT2D eigenvalue weighted by molar-refractivity contribution is 6.07. The smallest absolute Gasteiger partial charge is 0.313 e. The van der Waals surface area contributed by atoms with Crippen LogP contribution < -0.4 is 4.90 Å². The normalized spacial score (nSPS) is 19.8. The molecule has 118 valence electrons. The van der Waals surface area contributed by atoms with Gasteiger partial charge in [-0.1, -0.05) is 18.2 Å². The van der Waals surface area contributed by atoms with Gasteiger partial charge in [0.05, 0.1) is 13.0 Å². The number of esters is 1. The van der Waals surface area contributed by atoms with Crippen molar-refractivity contribution >= 4 is 17.6 Å². The van der Waals surface area contributed by atoms with Crippen LogP contribution >= 0.6 is 0 Å².